The van der Waals surface area contributed by atoms with Crippen LogP contribution in [0.25, 0.3) is 0 Å². The van der Waals surface area contributed by atoms with Crippen LogP contribution in [0, 0.1) is 0 Å². The van der Waals surface area contributed by atoms with E-state index >= 15 is 0 Å². The zero-order valence-electron chi connectivity index (χ0n) is 7.94. The van der Waals surface area contributed by atoms with Gasteiger partial charge in [-0.2, -0.15) is 0 Å². The fourth-order valence-corrected chi connectivity index (χ4v) is 1.34. The number of allylic oxidation sites excluding steroid dienone is 3. The zero-order chi connectivity index (χ0) is 9.68. The van der Waals surface area contributed by atoms with Crippen LogP contribution in [0.1, 0.15) is 13.3 Å². The van der Waals surface area contributed by atoms with Gasteiger partial charge in [-0.05, 0) is 13.3 Å². The third kappa shape index (κ3) is 3.03. The van der Waals surface area contributed by atoms with Gasteiger partial charge in [0.1, 0.15) is 0 Å². The first kappa shape index (κ1) is 9.99. The van der Waals surface area contributed by atoms with Crippen molar-refractivity contribution in [1.82, 2.24) is 4.90 Å². The van der Waals surface area contributed by atoms with E-state index in [2.05, 4.69) is 0 Å². The molecule has 0 saturated carbocycles. The van der Waals surface area contributed by atoms with Crippen molar-refractivity contribution in [2.45, 2.75) is 19.4 Å². The maximum atomic E-state index is 11.4. The lowest BCUT2D eigenvalue weighted by molar-refractivity contribution is -0.125. The van der Waals surface area contributed by atoms with Gasteiger partial charge in [-0.1, -0.05) is 18.2 Å². The van der Waals surface area contributed by atoms with Crippen molar-refractivity contribution in [1.29, 1.82) is 0 Å². The maximum absolute atomic E-state index is 11.4. The number of nitrogens with two attached hydrogens (primary N) is 1. The highest BCUT2D eigenvalue weighted by molar-refractivity contribution is 5.88. The first-order valence-corrected chi connectivity index (χ1v) is 4.58. The average Bonchev–Trinajstić information content (AvgIpc) is 2.52. The predicted octanol–water partition coefficient (Wildman–Crippen LogP) is 0.678. The molecule has 0 aromatic carbocycles. The summed E-state index contributed by atoms with van der Waals surface area (Å²) in [6.07, 6.45) is 7.99. The van der Waals surface area contributed by atoms with Crippen molar-refractivity contribution in [2.75, 3.05) is 13.1 Å². The molecule has 0 aliphatic carbocycles. The molecule has 0 aromatic heterocycles. The van der Waals surface area contributed by atoms with E-state index < -0.39 is 0 Å². The molecule has 1 aliphatic rings. The van der Waals surface area contributed by atoms with Crippen LogP contribution in [0.5, 0.6) is 0 Å². The number of likely N-dealkylation sites (tertiary alicyclic amines) is 1. The van der Waals surface area contributed by atoms with Gasteiger partial charge in [-0.3, -0.25) is 4.79 Å². The molecule has 1 aliphatic heterocycles. The standard InChI is InChI=1S/C10H16N2O/c1-2-3-4-5-10(13)12-7-6-9(11)8-12/h2-5,9H,6-8,11H2,1H3/t9-/m1/s1. The molecule has 0 aromatic rings. The molecule has 2 N–H and O–H groups in total. The van der Waals surface area contributed by atoms with E-state index in [1.165, 1.54) is 0 Å². The van der Waals surface area contributed by atoms with Gasteiger partial charge >= 0.3 is 0 Å². The van der Waals surface area contributed by atoms with Crippen LogP contribution in [-0.2, 0) is 4.79 Å². The van der Waals surface area contributed by atoms with Gasteiger partial charge in [0, 0.05) is 25.2 Å². The molecule has 13 heavy (non-hydrogen) atoms. The largest absolute Gasteiger partial charge is 0.338 e. The lowest BCUT2D eigenvalue weighted by Gasteiger charge is -2.12. The topological polar surface area (TPSA) is 46.3 Å². The van der Waals surface area contributed by atoms with Gasteiger partial charge in [0.15, 0.2) is 0 Å². The van der Waals surface area contributed by atoms with Crippen LogP contribution in [0.15, 0.2) is 24.3 Å². The van der Waals surface area contributed by atoms with Crippen LogP contribution in [0.4, 0.5) is 0 Å². The Morgan fingerprint density at radius 2 is 2.31 bits per heavy atom. The Morgan fingerprint density at radius 1 is 1.54 bits per heavy atom. The summed E-state index contributed by atoms with van der Waals surface area (Å²) in [6.45, 7) is 3.40. The van der Waals surface area contributed by atoms with E-state index in [-0.39, 0.29) is 11.9 Å². The fraction of sp³-hybridized carbons (Fsp3) is 0.500. The molecule has 3 nitrogen and oxygen atoms in total. The van der Waals surface area contributed by atoms with Crippen LogP contribution < -0.4 is 5.73 Å². The molecular weight excluding hydrogens is 164 g/mol. The smallest absolute Gasteiger partial charge is 0.246 e. The highest BCUT2D eigenvalue weighted by atomic mass is 16.2. The molecule has 0 spiro atoms. The molecule has 0 unspecified atom stereocenters. The molecular formula is C10H16N2O. The van der Waals surface area contributed by atoms with Crippen molar-refractivity contribution in [3.05, 3.63) is 24.3 Å². The van der Waals surface area contributed by atoms with Gasteiger partial charge in [-0.25, -0.2) is 0 Å². The van der Waals surface area contributed by atoms with Crippen molar-refractivity contribution >= 4 is 5.91 Å². The summed E-state index contributed by atoms with van der Waals surface area (Å²) in [5, 5.41) is 0. The van der Waals surface area contributed by atoms with Gasteiger partial charge in [0.2, 0.25) is 5.91 Å². The second-order valence-corrected chi connectivity index (χ2v) is 3.22. The molecule has 0 radical (unpaired) electrons. The summed E-state index contributed by atoms with van der Waals surface area (Å²) < 4.78 is 0. The highest BCUT2D eigenvalue weighted by Gasteiger charge is 2.21. The van der Waals surface area contributed by atoms with Gasteiger partial charge < -0.3 is 10.6 Å². The number of carbonyl (C=O) groups excluding carboxylic acids is 1. The van der Waals surface area contributed by atoms with E-state index in [9.17, 15) is 4.79 Å². The summed E-state index contributed by atoms with van der Waals surface area (Å²) in [7, 11) is 0. The third-order valence-corrected chi connectivity index (χ3v) is 2.08. The van der Waals surface area contributed by atoms with E-state index in [0.29, 0.717) is 6.54 Å². The first-order valence-electron chi connectivity index (χ1n) is 4.58. The maximum Gasteiger partial charge on any atom is 0.246 e. The molecule has 0 bridgehead atoms. The van der Waals surface area contributed by atoms with Crippen molar-refractivity contribution in [3.63, 3.8) is 0 Å². The normalized spacial score (nSPS) is 23.5. The van der Waals surface area contributed by atoms with Crippen LogP contribution >= 0.6 is 0 Å². The Kier molecular flexibility index (Phi) is 3.71. The second kappa shape index (κ2) is 4.82. The van der Waals surface area contributed by atoms with Crippen molar-refractivity contribution in [2.24, 2.45) is 5.73 Å². The Morgan fingerprint density at radius 3 is 2.85 bits per heavy atom. The van der Waals surface area contributed by atoms with Gasteiger partial charge in [-0.15, -0.1) is 0 Å². The van der Waals surface area contributed by atoms with E-state index in [4.69, 9.17) is 5.73 Å². The number of amides is 1. The molecule has 1 atom stereocenters. The summed E-state index contributed by atoms with van der Waals surface area (Å²) in [5.41, 5.74) is 5.69. The minimum Gasteiger partial charge on any atom is -0.338 e. The molecule has 72 valence electrons. The highest BCUT2D eigenvalue weighted by Crippen LogP contribution is 2.07. The van der Waals surface area contributed by atoms with Crippen molar-refractivity contribution in [3.8, 4) is 0 Å². The van der Waals surface area contributed by atoms with E-state index in [1.54, 1.807) is 17.1 Å². The molecule has 1 fully saturated rings. The second-order valence-electron chi connectivity index (χ2n) is 3.22. The molecule has 1 amide bonds. The zero-order valence-corrected chi connectivity index (χ0v) is 7.94. The van der Waals surface area contributed by atoms with E-state index in [0.717, 1.165) is 13.0 Å². The fourth-order valence-electron chi connectivity index (χ4n) is 1.34. The minimum atomic E-state index is 0.0612. The average molecular weight is 180 g/mol. The Balaban J connectivity index is 2.40. The number of rotatable bonds is 2. The summed E-state index contributed by atoms with van der Waals surface area (Å²) in [4.78, 5) is 13.2. The summed E-state index contributed by atoms with van der Waals surface area (Å²) >= 11 is 0. The van der Waals surface area contributed by atoms with Crippen LogP contribution in [0.3, 0.4) is 0 Å². The molecule has 1 heterocycles. The van der Waals surface area contributed by atoms with Crippen LogP contribution in [-0.4, -0.2) is 29.9 Å². The Hall–Kier alpha value is -1.09. The molecule has 3 heteroatoms. The SMILES string of the molecule is CC=CC=CC(=O)N1CC[C@@H](N)C1. The number of hydrogen-bond acceptors (Lipinski definition) is 2. The number of carbonyl (C=O) groups is 1. The first-order chi connectivity index (χ1) is 6.24. The lowest BCUT2D eigenvalue weighted by Crippen LogP contribution is -2.30. The lowest BCUT2D eigenvalue weighted by atomic mass is 10.3. The molecule has 1 saturated heterocycles. The number of hydrogen-bond donors (Lipinski definition) is 1. The Labute approximate surface area is 78.9 Å². The third-order valence-electron chi connectivity index (χ3n) is 2.08. The van der Waals surface area contributed by atoms with Gasteiger partial charge in [0.05, 0.1) is 0 Å². The summed E-state index contributed by atoms with van der Waals surface area (Å²) in [6, 6.07) is 0.166. The predicted molar refractivity (Wildman–Crippen MR) is 53.1 cm³/mol. The minimum absolute atomic E-state index is 0.0612. The van der Waals surface area contributed by atoms with E-state index in [1.807, 2.05) is 19.1 Å². The monoisotopic (exact) mass is 180 g/mol. The quantitative estimate of drug-likeness (QED) is 0.501. The summed E-state index contributed by atoms with van der Waals surface area (Å²) in [5.74, 6) is 0.0612. The van der Waals surface area contributed by atoms with Crippen LogP contribution in [0.2, 0.25) is 0 Å². The molecule has 1 rings (SSSR count). The van der Waals surface area contributed by atoms with Gasteiger partial charge in [0.25, 0.3) is 0 Å². The van der Waals surface area contributed by atoms with Crippen molar-refractivity contribution < 1.29 is 4.79 Å². The Bertz CT molecular complexity index is 233. The number of nitrogens with zero attached hydrogens (tertiary/aromatic N) is 1.